The first-order valence-corrected chi connectivity index (χ1v) is 7.45. The van der Waals surface area contributed by atoms with Crippen LogP contribution in [-0.4, -0.2) is 16.7 Å². The summed E-state index contributed by atoms with van der Waals surface area (Å²) in [6.45, 7) is 0.784. The van der Waals surface area contributed by atoms with Gasteiger partial charge < -0.3 is 9.30 Å². The molecule has 2 aromatic carbocycles. The fraction of sp³-hybridized carbons (Fsp3) is 0.118. The Labute approximate surface area is 132 Å². The second kappa shape index (κ2) is 6.14. The van der Waals surface area contributed by atoms with E-state index in [-0.39, 0.29) is 0 Å². The topological polar surface area (TPSA) is 27.1 Å². The molecule has 0 saturated heterocycles. The average molecular weight is 343 g/mol. The number of halogens is 1. The molecule has 0 aliphatic carbocycles. The van der Waals surface area contributed by atoms with Crippen molar-refractivity contribution in [3.63, 3.8) is 0 Å². The Morgan fingerprint density at radius 2 is 2.00 bits per heavy atom. The summed E-state index contributed by atoms with van der Waals surface area (Å²) in [4.78, 5) is 4.48. The molecule has 0 aliphatic heterocycles. The van der Waals surface area contributed by atoms with Gasteiger partial charge in [0.05, 0.1) is 7.11 Å². The molecule has 21 heavy (non-hydrogen) atoms. The first-order chi connectivity index (χ1) is 10.3. The van der Waals surface area contributed by atoms with E-state index in [0.29, 0.717) is 0 Å². The summed E-state index contributed by atoms with van der Waals surface area (Å²) in [5, 5.41) is 0. The lowest BCUT2D eigenvalue weighted by atomic mass is 10.2. The first kappa shape index (κ1) is 13.9. The fourth-order valence-electron chi connectivity index (χ4n) is 2.29. The van der Waals surface area contributed by atoms with Gasteiger partial charge in [0.15, 0.2) is 0 Å². The summed E-state index contributed by atoms with van der Waals surface area (Å²) in [6, 6.07) is 16.3. The summed E-state index contributed by atoms with van der Waals surface area (Å²) in [6.07, 6.45) is 3.82. The smallest absolute Gasteiger partial charge is 0.140 e. The number of rotatable bonds is 4. The molecule has 0 aliphatic rings. The molecule has 0 fully saturated rings. The van der Waals surface area contributed by atoms with Crippen molar-refractivity contribution in [3.8, 4) is 17.1 Å². The van der Waals surface area contributed by atoms with E-state index in [1.54, 1.807) is 7.11 Å². The molecule has 0 bridgehead atoms. The summed E-state index contributed by atoms with van der Waals surface area (Å²) in [7, 11) is 1.67. The molecule has 1 aromatic heterocycles. The summed E-state index contributed by atoms with van der Waals surface area (Å²) >= 11 is 3.51. The number of imidazole rings is 1. The van der Waals surface area contributed by atoms with Gasteiger partial charge in [-0.15, -0.1) is 0 Å². The van der Waals surface area contributed by atoms with Crippen molar-refractivity contribution in [1.82, 2.24) is 9.55 Å². The Morgan fingerprint density at radius 1 is 1.14 bits per heavy atom. The SMILES string of the molecule is COc1cccc(-c2nccn2Cc2cccc(Br)c2)c1. The fourth-order valence-corrected chi connectivity index (χ4v) is 2.74. The van der Waals surface area contributed by atoms with Crippen molar-refractivity contribution >= 4 is 15.9 Å². The second-order valence-electron chi connectivity index (χ2n) is 4.74. The minimum atomic E-state index is 0.784. The predicted molar refractivity (Wildman–Crippen MR) is 87.5 cm³/mol. The minimum absolute atomic E-state index is 0.784. The van der Waals surface area contributed by atoms with Gasteiger partial charge in [0.1, 0.15) is 11.6 Å². The monoisotopic (exact) mass is 342 g/mol. The highest BCUT2D eigenvalue weighted by atomic mass is 79.9. The van der Waals surface area contributed by atoms with Gasteiger partial charge in [-0.25, -0.2) is 4.98 Å². The third-order valence-electron chi connectivity index (χ3n) is 3.29. The third-order valence-corrected chi connectivity index (χ3v) is 3.78. The summed E-state index contributed by atoms with van der Waals surface area (Å²) in [5.74, 6) is 1.78. The van der Waals surface area contributed by atoms with Gasteiger partial charge in [-0.05, 0) is 29.8 Å². The number of nitrogens with zero attached hydrogens (tertiary/aromatic N) is 2. The van der Waals surface area contributed by atoms with E-state index in [0.717, 1.165) is 28.2 Å². The first-order valence-electron chi connectivity index (χ1n) is 6.66. The number of benzene rings is 2. The largest absolute Gasteiger partial charge is 0.497 e. The summed E-state index contributed by atoms with van der Waals surface area (Å²) in [5.41, 5.74) is 2.28. The lowest BCUT2D eigenvalue weighted by Gasteiger charge is -2.09. The van der Waals surface area contributed by atoms with E-state index in [1.807, 2.05) is 48.8 Å². The molecule has 3 aromatic rings. The van der Waals surface area contributed by atoms with Crippen LogP contribution in [0.5, 0.6) is 5.75 Å². The minimum Gasteiger partial charge on any atom is -0.497 e. The lowest BCUT2D eigenvalue weighted by molar-refractivity contribution is 0.415. The van der Waals surface area contributed by atoms with Crippen LogP contribution in [0, 0.1) is 0 Å². The number of aromatic nitrogens is 2. The highest BCUT2D eigenvalue weighted by Crippen LogP contribution is 2.23. The van der Waals surface area contributed by atoms with Crippen LogP contribution in [0.15, 0.2) is 65.4 Å². The van der Waals surface area contributed by atoms with Gasteiger partial charge in [-0.2, -0.15) is 0 Å². The molecule has 0 saturated carbocycles. The zero-order chi connectivity index (χ0) is 14.7. The van der Waals surface area contributed by atoms with Gasteiger partial charge in [-0.3, -0.25) is 0 Å². The van der Waals surface area contributed by atoms with Crippen molar-refractivity contribution in [2.24, 2.45) is 0 Å². The number of methoxy groups -OCH3 is 1. The quantitative estimate of drug-likeness (QED) is 0.703. The molecule has 0 unspecified atom stereocenters. The maximum atomic E-state index is 5.28. The van der Waals surface area contributed by atoms with Crippen molar-refractivity contribution in [2.45, 2.75) is 6.54 Å². The van der Waals surface area contributed by atoms with Crippen LogP contribution in [0.3, 0.4) is 0 Å². The second-order valence-corrected chi connectivity index (χ2v) is 5.66. The maximum Gasteiger partial charge on any atom is 0.140 e. The highest BCUT2D eigenvalue weighted by molar-refractivity contribution is 9.10. The van der Waals surface area contributed by atoms with Crippen LogP contribution in [-0.2, 0) is 6.54 Å². The van der Waals surface area contributed by atoms with Crippen LogP contribution in [0.2, 0.25) is 0 Å². The van der Waals surface area contributed by atoms with Crippen molar-refractivity contribution in [3.05, 3.63) is 71.0 Å². The molecule has 0 atom stereocenters. The molecule has 4 heteroatoms. The molecule has 1 heterocycles. The standard InChI is InChI=1S/C17H15BrN2O/c1-21-16-7-3-5-14(11-16)17-19-8-9-20(17)12-13-4-2-6-15(18)10-13/h2-11H,12H2,1H3. The maximum absolute atomic E-state index is 5.28. The molecule has 0 spiro atoms. The Bertz CT molecular complexity index is 752. The zero-order valence-electron chi connectivity index (χ0n) is 11.7. The number of hydrogen-bond acceptors (Lipinski definition) is 2. The zero-order valence-corrected chi connectivity index (χ0v) is 13.2. The van der Waals surface area contributed by atoms with Crippen molar-refractivity contribution in [1.29, 1.82) is 0 Å². The Kier molecular flexibility index (Phi) is 4.06. The van der Waals surface area contributed by atoms with Gasteiger partial charge in [0, 0.05) is 29.0 Å². The van der Waals surface area contributed by atoms with Crippen molar-refractivity contribution < 1.29 is 4.74 Å². The Morgan fingerprint density at radius 3 is 2.81 bits per heavy atom. The predicted octanol–water partition coefficient (Wildman–Crippen LogP) is 4.37. The molecular formula is C17H15BrN2O. The van der Waals surface area contributed by atoms with Crippen LogP contribution >= 0.6 is 15.9 Å². The Balaban J connectivity index is 1.93. The number of hydrogen-bond donors (Lipinski definition) is 0. The molecule has 3 rings (SSSR count). The van der Waals surface area contributed by atoms with E-state index < -0.39 is 0 Å². The summed E-state index contributed by atoms with van der Waals surface area (Å²) < 4.78 is 8.51. The highest BCUT2D eigenvalue weighted by Gasteiger charge is 2.07. The molecule has 3 nitrogen and oxygen atoms in total. The molecule has 0 amide bonds. The van der Waals surface area contributed by atoms with Crippen LogP contribution in [0.4, 0.5) is 0 Å². The van der Waals surface area contributed by atoms with Crippen LogP contribution in [0.1, 0.15) is 5.56 Å². The molecule has 0 N–H and O–H groups in total. The van der Waals surface area contributed by atoms with Crippen molar-refractivity contribution in [2.75, 3.05) is 7.11 Å². The third kappa shape index (κ3) is 3.16. The van der Waals surface area contributed by atoms with Crippen LogP contribution in [0.25, 0.3) is 11.4 Å². The van der Waals surface area contributed by atoms with Gasteiger partial charge >= 0.3 is 0 Å². The Hall–Kier alpha value is -2.07. The van der Waals surface area contributed by atoms with E-state index in [4.69, 9.17) is 4.74 Å². The van der Waals surface area contributed by atoms with Gasteiger partial charge in [0.25, 0.3) is 0 Å². The van der Waals surface area contributed by atoms with E-state index >= 15 is 0 Å². The normalized spacial score (nSPS) is 10.6. The molecular weight excluding hydrogens is 328 g/mol. The van der Waals surface area contributed by atoms with E-state index in [1.165, 1.54) is 5.56 Å². The van der Waals surface area contributed by atoms with Gasteiger partial charge in [0.2, 0.25) is 0 Å². The van der Waals surface area contributed by atoms with Gasteiger partial charge in [-0.1, -0.05) is 40.2 Å². The molecule has 0 radical (unpaired) electrons. The lowest BCUT2D eigenvalue weighted by Crippen LogP contribution is -2.01. The average Bonchev–Trinajstić information content (AvgIpc) is 2.95. The van der Waals surface area contributed by atoms with E-state index in [9.17, 15) is 0 Å². The van der Waals surface area contributed by atoms with E-state index in [2.05, 4.69) is 37.6 Å². The van der Waals surface area contributed by atoms with Crippen LogP contribution < -0.4 is 4.74 Å². The molecule has 106 valence electrons. The number of ether oxygens (including phenoxy) is 1.